The molecule has 0 bridgehead atoms. The lowest BCUT2D eigenvalue weighted by atomic mass is 9.77. The monoisotopic (exact) mass is 504 g/mol. The van der Waals surface area contributed by atoms with Gasteiger partial charge >= 0.3 is 6.18 Å². The molecule has 0 radical (unpaired) electrons. The number of alkyl halides is 3. The van der Waals surface area contributed by atoms with Gasteiger partial charge in [0.25, 0.3) is 0 Å². The first kappa shape index (κ1) is 24.5. The maximum absolute atomic E-state index is 14.3. The van der Waals surface area contributed by atoms with Gasteiger partial charge in [0.2, 0.25) is 5.91 Å². The topological polar surface area (TPSA) is 30.0 Å². The highest BCUT2D eigenvalue weighted by molar-refractivity contribution is 6.00. The van der Waals surface area contributed by atoms with Crippen LogP contribution in [0.4, 0.5) is 24.5 Å². The Hall–Kier alpha value is -1.80. The highest BCUT2D eigenvalue weighted by Gasteiger charge is 2.50. The van der Waals surface area contributed by atoms with E-state index in [1.54, 1.807) is 12.1 Å². The fourth-order valence-electron chi connectivity index (χ4n) is 7.27. The summed E-state index contributed by atoms with van der Waals surface area (Å²) in [6.45, 7) is 8.13. The molecule has 4 heterocycles. The van der Waals surface area contributed by atoms with E-state index in [4.69, 9.17) is 0 Å². The average Bonchev–Trinajstić information content (AvgIpc) is 3.22. The van der Waals surface area contributed by atoms with Crippen molar-refractivity contribution in [2.24, 2.45) is 11.3 Å². The van der Waals surface area contributed by atoms with Crippen LogP contribution < -0.4 is 9.80 Å². The van der Waals surface area contributed by atoms with Crippen molar-refractivity contribution in [3.63, 3.8) is 0 Å². The van der Waals surface area contributed by atoms with Gasteiger partial charge in [-0.25, -0.2) is 0 Å². The smallest absolute Gasteiger partial charge is 0.370 e. The summed E-state index contributed by atoms with van der Waals surface area (Å²) in [7, 11) is 0. The fourth-order valence-corrected chi connectivity index (χ4v) is 7.27. The van der Waals surface area contributed by atoms with Crippen LogP contribution in [0.15, 0.2) is 18.2 Å². The predicted octanol–water partition coefficient (Wildman–Crippen LogP) is 5.00. The van der Waals surface area contributed by atoms with Crippen molar-refractivity contribution in [2.75, 3.05) is 55.6 Å². The molecule has 0 N–H and O–H groups in total. The summed E-state index contributed by atoms with van der Waals surface area (Å²) in [6, 6.07) is 5.61. The van der Waals surface area contributed by atoms with Crippen LogP contribution in [0.5, 0.6) is 0 Å². The molecule has 1 aromatic rings. The number of nitrogens with zero attached hydrogens (tertiary/aromatic N) is 4. The summed E-state index contributed by atoms with van der Waals surface area (Å²) in [5.74, 6) is 0.711. The standard InChI is InChI=1S/C28H39F3N4O/c1-20-3-2-12-34(20)23-8-13-33(19-23)22-6-7-25(24(17-22)28(29,30)31)35-16-11-27(26(35)36)9-14-32(15-10-27)18-21-4-5-21/h6-7,17,20-21,23H,2-5,8-16,18-19H2,1H3/t20-,23-/m0/s1. The van der Waals surface area contributed by atoms with Crippen LogP contribution >= 0.6 is 0 Å². The lowest BCUT2D eigenvalue weighted by molar-refractivity contribution is -0.137. The molecule has 1 amide bonds. The number of rotatable bonds is 5. The Labute approximate surface area is 212 Å². The zero-order valence-electron chi connectivity index (χ0n) is 21.4. The minimum Gasteiger partial charge on any atom is -0.370 e. The number of carbonyl (C=O) groups is 1. The van der Waals surface area contributed by atoms with E-state index in [0.29, 0.717) is 30.7 Å². The average molecular weight is 505 g/mol. The van der Waals surface area contributed by atoms with Gasteiger partial charge in [-0.3, -0.25) is 9.69 Å². The Kier molecular flexibility index (Phi) is 6.26. The molecule has 1 spiro atoms. The van der Waals surface area contributed by atoms with Crippen molar-refractivity contribution in [1.82, 2.24) is 9.80 Å². The van der Waals surface area contributed by atoms with Gasteiger partial charge in [0.15, 0.2) is 0 Å². The molecule has 5 nitrogen and oxygen atoms in total. The second-order valence-electron chi connectivity index (χ2n) is 12.0. The van der Waals surface area contributed by atoms with E-state index < -0.39 is 17.2 Å². The number of amides is 1. The zero-order valence-corrected chi connectivity index (χ0v) is 21.4. The summed E-state index contributed by atoms with van der Waals surface area (Å²) in [5, 5.41) is 0. The Morgan fingerprint density at radius 3 is 2.39 bits per heavy atom. The van der Waals surface area contributed by atoms with Crippen LogP contribution in [0.3, 0.4) is 0 Å². The Morgan fingerprint density at radius 2 is 1.72 bits per heavy atom. The van der Waals surface area contributed by atoms with Gasteiger partial charge in [-0.15, -0.1) is 0 Å². The Morgan fingerprint density at radius 1 is 0.972 bits per heavy atom. The highest BCUT2D eigenvalue weighted by Crippen LogP contribution is 2.47. The first-order chi connectivity index (χ1) is 17.2. The molecule has 198 valence electrons. The van der Waals surface area contributed by atoms with Gasteiger partial charge in [0.1, 0.15) is 0 Å². The summed E-state index contributed by atoms with van der Waals surface area (Å²) >= 11 is 0. The summed E-state index contributed by atoms with van der Waals surface area (Å²) in [4.78, 5) is 22.1. The molecule has 0 aromatic heterocycles. The fraction of sp³-hybridized carbons (Fsp3) is 0.750. The molecule has 4 aliphatic heterocycles. The quantitative estimate of drug-likeness (QED) is 0.565. The van der Waals surface area contributed by atoms with Gasteiger partial charge < -0.3 is 14.7 Å². The Balaban J connectivity index is 1.19. The van der Waals surface area contributed by atoms with Gasteiger partial charge in [0, 0.05) is 44.0 Å². The number of anilines is 2. The molecule has 4 saturated heterocycles. The lowest BCUT2D eigenvalue weighted by Gasteiger charge is -2.38. The van der Waals surface area contributed by atoms with E-state index in [2.05, 4.69) is 21.6 Å². The van der Waals surface area contributed by atoms with E-state index >= 15 is 0 Å². The van der Waals surface area contributed by atoms with Crippen LogP contribution in [0.2, 0.25) is 0 Å². The van der Waals surface area contributed by atoms with Crippen molar-refractivity contribution >= 4 is 17.3 Å². The molecule has 5 fully saturated rings. The van der Waals surface area contributed by atoms with Crippen LogP contribution in [0.1, 0.15) is 63.9 Å². The van der Waals surface area contributed by atoms with Crippen LogP contribution in [-0.4, -0.2) is 73.6 Å². The first-order valence-electron chi connectivity index (χ1n) is 14.0. The van der Waals surface area contributed by atoms with Crippen molar-refractivity contribution in [3.05, 3.63) is 23.8 Å². The number of likely N-dealkylation sites (tertiary alicyclic amines) is 2. The third-order valence-corrected chi connectivity index (χ3v) is 9.72. The summed E-state index contributed by atoms with van der Waals surface area (Å²) in [5.41, 5.74) is -0.502. The molecule has 2 atom stereocenters. The maximum Gasteiger partial charge on any atom is 0.418 e. The molecular formula is C28H39F3N4O. The van der Waals surface area contributed by atoms with Crippen molar-refractivity contribution < 1.29 is 18.0 Å². The van der Waals surface area contributed by atoms with Gasteiger partial charge in [-0.1, -0.05) is 0 Å². The Bertz CT molecular complexity index is 985. The third kappa shape index (κ3) is 4.53. The molecule has 5 aliphatic rings. The number of hydrogen-bond donors (Lipinski definition) is 0. The van der Waals surface area contributed by atoms with E-state index in [1.807, 2.05) is 0 Å². The van der Waals surface area contributed by atoms with E-state index in [9.17, 15) is 18.0 Å². The number of halogens is 3. The van der Waals surface area contributed by atoms with E-state index in [0.717, 1.165) is 64.4 Å². The largest absolute Gasteiger partial charge is 0.418 e. The summed E-state index contributed by atoms with van der Waals surface area (Å²) in [6.07, 6.45) is 3.68. The minimum absolute atomic E-state index is 0.0393. The van der Waals surface area contributed by atoms with E-state index in [-0.39, 0.29) is 11.6 Å². The lowest BCUT2D eigenvalue weighted by Crippen LogP contribution is -2.45. The second kappa shape index (κ2) is 9.19. The number of hydrogen-bond acceptors (Lipinski definition) is 4. The zero-order chi connectivity index (χ0) is 25.1. The number of carbonyl (C=O) groups excluding carboxylic acids is 1. The normalized spacial score (nSPS) is 29.7. The van der Waals surface area contributed by atoms with Gasteiger partial charge in [-0.05, 0) is 102 Å². The predicted molar refractivity (Wildman–Crippen MR) is 135 cm³/mol. The third-order valence-electron chi connectivity index (χ3n) is 9.72. The number of benzene rings is 1. The van der Waals surface area contributed by atoms with E-state index in [1.165, 1.54) is 36.6 Å². The molecule has 8 heteroatoms. The van der Waals surface area contributed by atoms with Crippen molar-refractivity contribution in [2.45, 2.75) is 76.6 Å². The highest BCUT2D eigenvalue weighted by atomic mass is 19.4. The van der Waals surface area contributed by atoms with Crippen LogP contribution in [0.25, 0.3) is 0 Å². The molecule has 36 heavy (non-hydrogen) atoms. The first-order valence-corrected chi connectivity index (χ1v) is 14.0. The molecule has 1 aromatic carbocycles. The van der Waals surface area contributed by atoms with Gasteiger partial charge in [0.05, 0.1) is 16.7 Å². The molecule has 1 aliphatic carbocycles. The molecule has 1 saturated carbocycles. The number of piperidine rings is 1. The molecule has 6 rings (SSSR count). The van der Waals surface area contributed by atoms with Crippen molar-refractivity contribution in [3.8, 4) is 0 Å². The SMILES string of the molecule is C[C@H]1CCCN1[C@H]1CCN(c2ccc(N3CCC4(CCN(CC5CC5)CC4)C3=O)c(C(F)(F)F)c2)C1. The second-order valence-corrected chi connectivity index (χ2v) is 12.0. The molecule has 0 unspecified atom stereocenters. The van der Waals surface area contributed by atoms with Crippen molar-refractivity contribution in [1.29, 1.82) is 0 Å². The molecular weight excluding hydrogens is 465 g/mol. The van der Waals surface area contributed by atoms with Crippen LogP contribution in [-0.2, 0) is 11.0 Å². The summed E-state index contributed by atoms with van der Waals surface area (Å²) < 4.78 is 42.9. The van der Waals surface area contributed by atoms with Crippen LogP contribution in [0, 0.1) is 11.3 Å². The minimum atomic E-state index is -4.50. The van der Waals surface area contributed by atoms with Gasteiger partial charge in [-0.2, -0.15) is 13.2 Å². The maximum atomic E-state index is 14.3.